The molecule has 4 N–H and O–H groups in total. The molecule has 11 nitrogen and oxygen atoms in total. The average molecular weight is 525 g/mol. The zero-order valence-electron chi connectivity index (χ0n) is 19.7. The molecule has 3 amide bonds. The Morgan fingerprint density at radius 2 is 1.70 bits per heavy atom. The van der Waals surface area contributed by atoms with Crippen molar-refractivity contribution in [3.8, 4) is 11.3 Å². The van der Waals surface area contributed by atoms with Crippen molar-refractivity contribution in [2.45, 2.75) is 38.5 Å². The number of amides is 3. The third-order valence-corrected chi connectivity index (χ3v) is 6.36. The number of hydrogen-bond donors (Lipinski definition) is 4. The van der Waals surface area contributed by atoms with Gasteiger partial charge in [-0.2, -0.15) is 9.89 Å². The van der Waals surface area contributed by atoms with E-state index in [0.717, 1.165) is 36.9 Å². The number of hydrazine groups is 1. The number of aromatic nitrogens is 3. The van der Waals surface area contributed by atoms with Crippen LogP contribution in [0.3, 0.4) is 0 Å². The molecule has 0 radical (unpaired) electrons. The van der Waals surface area contributed by atoms with E-state index in [4.69, 9.17) is 11.6 Å². The summed E-state index contributed by atoms with van der Waals surface area (Å²) in [6.45, 7) is 0. The summed E-state index contributed by atoms with van der Waals surface area (Å²) in [5.41, 5.74) is 6.93. The van der Waals surface area contributed by atoms with Crippen LogP contribution in [-0.2, 0) is 0 Å². The Morgan fingerprint density at radius 1 is 1.00 bits per heavy atom. The fourth-order valence-electron chi connectivity index (χ4n) is 4.37. The van der Waals surface area contributed by atoms with Gasteiger partial charge in [-0.25, -0.2) is 10.2 Å². The highest BCUT2D eigenvalue weighted by atomic mass is 35.5. The van der Waals surface area contributed by atoms with Gasteiger partial charge in [-0.05, 0) is 30.2 Å². The van der Waals surface area contributed by atoms with Crippen LogP contribution in [0.2, 0.25) is 5.02 Å². The van der Waals surface area contributed by atoms with Gasteiger partial charge in [0, 0.05) is 29.4 Å². The van der Waals surface area contributed by atoms with E-state index in [1.165, 1.54) is 18.5 Å². The fourth-order valence-corrected chi connectivity index (χ4v) is 4.50. The van der Waals surface area contributed by atoms with Gasteiger partial charge in [0.1, 0.15) is 5.69 Å². The fraction of sp³-hybridized carbons (Fsp3) is 0.280. The minimum absolute atomic E-state index is 0.0465. The second-order valence-electron chi connectivity index (χ2n) is 8.69. The van der Waals surface area contributed by atoms with E-state index in [0.29, 0.717) is 10.6 Å². The van der Waals surface area contributed by atoms with E-state index in [2.05, 4.69) is 20.9 Å². The number of Topliss-reactive ketones (excluding diaryl/α,β-unsaturated/α-hetero) is 1. The maximum absolute atomic E-state index is 13.6. The molecular weight excluding hydrogens is 500 g/mol. The van der Waals surface area contributed by atoms with Gasteiger partial charge in [-0.1, -0.05) is 55.8 Å². The van der Waals surface area contributed by atoms with Gasteiger partial charge in [0.05, 0.1) is 11.1 Å². The molecule has 3 aromatic rings. The van der Waals surface area contributed by atoms with Crippen molar-refractivity contribution in [2.75, 3.05) is 5.43 Å². The Morgan fingerprint density at radius 3 is 2.35 bits per heavy atom. The smallest absolute Gasteiger partial charge is 0.425 e. The normalized spacial score (nSPS) is 13.5. The second-order valence-corrected chi connectivity index (χ2v) is 9.13. The molecule has 0 aliphatic heterocycles. The molecule has 1 aromatic carbocycles. The van der Waals surface area contributed by atoms with E-state index in [9.17, 15) is 24.3 Å². The molecule has 1 fully saturated rings. The van der Waals surface area contributed by atoms with Crippen LogP contribution < -0.4 is 16.3 Å². The average Bonchev–Trinajstić information content (AvgIpc) is 3.27. The molecule has 37 heavy (non-hydrogen) atoms. The number of nitrogens with zero attached hydrogens (tertiary/aromatic N) is 3. The first-order valence-corrected chi connectivity index (χ1v) is 12.1. The predicted molar refractivity (Wildman–Crippen MR) is 135 cm³/mol. The highest BCUT2D eigenvalue weighted by molar-refractivity contribution is 6.30. The Hall–Kier alpha value is -4.25. The number of hydrogen-bond acceptors (Lipinski definition) is 6. The number of ketones is 1. The lowest BCUT2D eigenvalue weighted by Gasteiger charge is -2.21. The van der Waals surface area contributed by atoms with Crippen LogP contribution in [-0.4, -0.2) is 43.7 Å². The van der Waals surface area contributed by atoms with Gasteiger partial charge >= 0.3 is 6.09 Å². The summed E-state index contributed by atoms with van der Waals surface area (Å²) in [5, 5.41) is 14.1. The van der Waals surface area contributed by atoms with Crippen molar-refractivity contribution in [3.63, 3.8) is 0 Å². The van der Waals surface area contributed by atoms with Gasteiger partial charge in [-0.3, -0.25) is 30.2 Å². The summed E-state index contributed by atoms with van der Waals surface area (Å²) in [7, 11) is 0. The highest BCUT2D eigenvalue weighted by Crippen LogP contribution is 2.32. The number of pyridine rings is 1. The first-order valence-electron chi connectivity index (χ1n) is 11.8. The van der Waals surface area contributed by atoms with Gasteiger partial charge in [-0.15, -0.1) is 0 Å². The summed E-state index contributed by atoms with van der Waals surface area (Å²) in [6.07, 6.45) is 6.45. The standard InChI is InChI=1S/C25H25ClN6O5/c26-18-10-8-16(9-11-18)21-20(19(33)13-15-5-2-1-3-6-15)22(32(30-21)31-25(36)37)24(35)29-28-23(34)17-7-4-12-27-14-17/h4,7-12,14-15,31H,1-3,5-6,13H2,(H,28,34)(H,29,35)(H,36,37). The van der Waals surface area contributed by atoms with Crippen molar-refractivity contribution in [1.29, 1.82) is 0 Å². The second kappa shape index (κ2) is 11.7. The lowest BCUT2D eigenvalue weighted by atomic mass is 9.84. The molecule has 192 valence electrons. The molecule has 2 heterocycles. The maximum Gasteiger partial charge on any atom is 0.425 e. The van der Waals surface area contributed by atoms with Gasteiger partial charge < -0.3 is 5.11 Å². The monoisotopic (exact) mass is 524 g/mol. The number of rotatable bonds is 7. The van der Waals surface area contributed by atoms with Crippen molar-refractivity contribution in [1.82, 2.24) is 25.7 Å². The molecule has 0 spiro atoms. The summed E-state index contributed by atoms with van der Waals surface area (Å²) in [6, 6.07) is 9.51. The zero-order chi connectivity index (χ0) is 26.4. The Kier molecular flexibility index (Phi) is 8.14. The summed E-state index contributed by atoms with van der Waals surface area (Å²) < 4.78 is 0. The van der Waals surface area contributed by atoms with Crippen LogP contribution in [0.25, 0.3) is 11.3 Å². The number of carbonyl (C=O) groups is 4. The Balaban J connectivity index is 1.72. The lowest BCUT2D eigenvalue weighted by Crippen LogP contribution is -2.43. The third kappa shape index (κ3) is 6.31. The molecule has 1 aliphatic rings. The van der Waals surface area contributed by atoms with E-state index in [1.807, 2.05) is 5.43 Å². The Bertz CT molecular complexity index is 1300. The minimum Gasteiger partial charge on any atom is -0.464 e. The SMILES string of the molecule is O=C(O)Nn1nc(-c2ccc(Cl)cc2)c(C(=O)CC2CCCCC2)c1C(=O)NNC(=O)c1cccnc1. The van der Waals surface area contributed by atoms with E-state index >= 15 is 0 Å². The third-order valence-electron chi connectivity index (χ3n) is 6.11. The van der Waals surface area contributed by atoms with Crippen molar-refractivity contribution < 1.29 is 24.3 Å². The molecule has 1 aliphatic carbocycles. The minimum atomic E-state index is -1.50. The number of benzene rings is 1. The molecular formula is C25H25ClN6O5. The lowest BCUT2D eigenvalue weighted by molar-refractivity contribution is 0.0837. The molecule has 0 bridgehead atoms. The quantitative estimate of drug-likeness (QED) is 0.268. The number of halogens is 1. The molecule has 12 heteroatoms. The van der Waals surface area contributed by atoms with E-state index in [-0.39, 0.29) is 40.6 Å². The first kappa shape index (κ1) is 25.8. The topological polar surface area (TPSA) is 155 Å². The van der Waals surface area contributed by atoms with Gasteiger partial charge in [0.25, 0.3) is 11.8 Å². The van der Waals surface area contributed by atoms with Gasteiger partial charge in [0.15, 0.2) is 11.5 Å². The van der Waals surface area contributed by atoms with Crippen LogP contribution in [0.4, 0.5) is 4.79 Å². The van der Waals surface area contributed by atoms with E-state index < -0.39 is 17.9 Å². The summed E-state index contributed by atoms with van der Waals surface area (Å²) >= 11 is 6.02. The summed E-state index contributed by atoms with van der Waals surface area (Å²) in [4.78, 5) is 55.4. The molecule has 0 atom stereocenters. The highest BCUT2D eigenvalue weighted by Gasteiger charge is 2.32. The van der Waals surface area contributed by atoms with Gasteiger partial charge in [0.2, 0.25) is 0 Å². The molecule has 2 aromatic heterocycles. The predicted octanol–water partition coefficient (Wildman–Crippen LogP) is 4.05. The zero-order valence-corrected chi connectivity index (χ0v) is 20.5. The number of nitrogens with one attached hydrogen (secondary N) is 3. The molecule has 4 rings (SSSR count). The van der Waals surface area contributed by atoms with Crippen molar-refractivity contribution in [3.05, 3.63) is 70.6 Å². The van der Waals surface area contributed by atoms with Crippen LogP contribution in [0.15, 0.2) is 48.8 Å². The van der Waals surface area contributed by atoms with Crippen LogP contribution >= 0.6 is 11.6 Å². The number of carbonyl (C=O) groups excluding carboxylic acids is 3. The van der Waals surface area contributed by atoms with Crippen LogP contribution in [0.1, 0.15) is 69.7 Å². The van der Waals surface area contributed by atoms with Crippen molar-refractivity contribution >= 4 is 35.3 Å². The molecule has 1 saturated carbocycles. The first-order chi connectivity index (χ1) is 17.8. The summed E-state index contributed by atoms with van der Waals surface area (Å²) in [5.74, 6) is -1.77. The van der Waals surface area contributed by atoms with E-state index in [1.54, 1.807) is 30.3 Å². The van der Waals surface area contributed by atoms with Crippen LogP contribution in [0, 0.1) is 5.92 Å². The van der Waals surface area contributed by atoms with Crippen molar-refractivity contribution in [2.24, 2.45) is 5.92 Å². The Labute approximate surface area is 217 Å². The maximum atomic E-state index is 13.6. The largest absolute Gasteiger partial charge is 0.464 e. The van der Waals surface area contributed by atoms with Crippen LogP contribution in [0.5, 0.6) is 0 Å². The number of carboxylic acid groups (broad SMARTS) is 1. The molecule has 0 saturated heterocycles. The molecule has 0 unspecified atom stereocenters.